The number of sulfonamides is 1. The standard InChI is InChI=1S/C16H25N3O3S/c1-3-19(4-2)23(21,22)15-7-5-6-14(10-15)16(20)18-9-8-13(11-17)12-18/h5-7,10,13H,3-4,8-9,11-12,17H2,1-2H3. The number of amides is 1. The highest BCUT2D eigenvalue weighted by Crippen LogP contribution is 2.21. The highest BCUT2D eigenvalue weighted by atomic mass is 32.2. The largest absolute Gasteiger partial charge is 0.338 e. The van der Waals surface area contributed by atoms with Crippen molar-refractivity contribution < 1.29 is 13.2 Å². The van der Waals surface area contributed by atoms with Crippen LogP contribution in [0.2, 0.25) is 0 Å². The maximum absolute atomic E-state index is 12.6. The minimum absolute atomic E-state index is 0.127. The smallest absolute Gasteiger partial charge is 0.253 e. The molecule has 128 valence electrons. The van der Waals surface area contributed by atoms with Gasteiger partial charge in [-0.3, -0.25) is 4.79 Å². The molecule has 1 aliphatic rings. The molecule has 6 nitrogen and oxygen atoms in total. The Hall–Kier alpha value is -1.44. The average Bonchev–Trinajstić information content (AvgIpc) is 3.04. The molecule has 7 heteroatoms. The topological polar surface area (TPSA) is 83.7 Å². The van der Waals surface area contributed by atoms with Crippen molar-refractivity contribution in [2.24, 2.45) is 11.7 Å². The van der Waals surface area contributed by atoms with Gasteiger partial charge in [-0.15, -0.1) is 0 Å². The summed E-state index contributed by atoms with van der Waals surface area (Å²) in [6, 6.07) is 6.31. The number of likely N-dealkylation sites (tertiary alicyclic amines) is 1. The molecule has 1 aromatic carbocycles. The predicted molar refractivity (Wildman–Crippen MR) is 89.6 cm³/mol. The van der Waals surface area contributed by atoms with Crippen molar-refractivity contribution >= 4 is 15.9 Å². The van der Waals surface area contributed by atoms with Gasteiger partial charge in [-0.1, -0.05) is 19.9 Å². The third-order valence-electron chi connectivity index (χ3n) is 4.33. The summed E-state index contributed by atoms with van der Waals surface area (Å²) in [4.78, 5) is 14.5. The fraction of sp³-hybridized carbons (Fsp3) is 0.562. The molecule has 23 heavy (non-hydrogen) atoms. The number of rotatable bonds is 6. The molecule has 2 rings (SSSR count). The summed E-state index contributed by atoms with van der Waals surface area (Å²) >= 11 is 0. The molecular formula is C16H25N3O3S. The minimum atomic E-state index is -3.55. The Kier molecular flexibility index (Phi) is 5.78. The number of hydrogen-bond acceptors (Lipinski definition) is 4. The lowest BCUT2D eigenvalue weighted by molar-refractivity contribution is 0.0787. The van der Waals surface area contributed by atoms with E-state index in [1.165, 1.54) is 16.4 Å². The normalized spacial score (nSPS) is 18.6. The van der Waals surface area contributed by atoms with E-state index in [-0.39, 0.29) is 10.8 Å². The molecule has 1 aliphatic heterocycles. The predicted octanol–water partition coefficient (Wildman–Crippen LogP) is 1.14. The number of carbonyl (C=O) groups is 1. The first-order chi connectivity index (χ1) is 10.9. The van der Waals surface area contributed by atoms with Crippen LogP contribution in [0.1, 0.15) is 30.6 Å². The van der Waals surface area contributed by atoms with Crippen LogP contribution >= 0.6 is 0 Å². The average molecular weight is 339 g/mol. The molecule has 0 saturated carbocycles. The number of benzene rings is 1. The first kappa shape index (κ1) is 17.9. The summed E-state index contributed by atoms with van der Waals surface area (Å²) in [5, 5.41) is 0. The lowest BCUT2D eigenvalue weighted by atomic mass is 10.1. The van der Waals surface area contributed by atoms with E-state index in [1.807, 2.05) is 0 Å². The van der Waals surface area contributed by atoms with Crippen LogP contribution in [0.15, 0.2) is 29.2 Å². The van der Waals surface area contributed by atoms with Gasteiger partial charge in [0.15, 0.2) is 0 Å². The molecule has 1 fully saturated rings. The van der Waals surface area contributed by atoms with Crippen molar-refractivity contribution in [2.75, 3.05) is 32.7 Å². The van der Waals surface area contributed by atoms with Crippen LogP contribution in [-0.4, -0.2) is 56.3 Å². The molecule has 1 unspecified atom stereocenters. The first-order valence-electron chi connectivity index (χ1n) is 8.03. The fourth-order valence-electron chi connectivity index (χ4n) is 2.89. The molecule has 0 bridgehead atoms. The zero-order chi connectivity index (χ0) is 17.0. The van der Waals surface area contributed by atoms with E-state index in [1.54, 1.807) is 30.9 Å². The Morgan fingerprint density at radius 1 is 1.35 bits per heavy atom. The van der Waals surface area contributed by atoms with E-state index >= 15 is 0 Å². The van der Waals surface area contributed by atoms with Gasteiger partial charge in [-0.25, -0.2) is 8.42 Å². The first-order valence-corrected chi connectivity index (χ1v) is 9.47. The molecule has 1 aromatic rings. The summed E-state index contributed by atoms with van der Waals surface area (Å²) < 4.78 is 26.5. The maximum atomic E-state index is 12.6. The van der Waals surface area contributed by atoms with Crippen molar-refractivity contribution in [3.05, 3.63) is 29.8 Å². The number of hydrogen-bond donors (Lipinski definition) is 1. The summed E-state index contributed by atoms with van der Waals surface area (Å²) in [6.45, 7) is 6.29. The molecule has 0 aliphatic carbocycles. The van der Waals surface area contributed by atoms with E-state index in [9.17, 15) is 13.2 Å². The summed E-state index contributed by atoms with van der Waals surface area (Å²) in [6.07, 6.45) is 0.902. The molecule has 0 aromatic heterocycles. The molecule has 1 heterocycles. The molecule has 0 radical (unpaired) electrons. The monoisotopic (exact) mass is 339 g/mol. The minimum Gasteiger partial charge on any atom is -0.338 e. The fourth-order valence-corrected chi connectivity index (χ4v) is 4.40. The summed E-state index contributed by atoms with van der Waals surface area (Å²) in [5.41, 5.74) is 6.07. The van der Waals surface area contributed by atoms with Gasteiger partial charge in [-0.05, 0) is 37.1 Å². The second kappa shape index (κ2) is 7.42. The van der Waals surface area contributed by atoms with Gasteiger partial charge in [-0.2, -0.15) is 4.31 Å². The second-order valence-electron chi connectivity index (χ2n) is 5.76. The van der Waals surface area contributed by atoms with Crippen molar-refractivity contribution in [1.82, 2.24) is 9.21 Å². The summed E-state index contributed by atoms with van der Waals surface area (Å²) in [7, 11) is -3.55. The van der Waals surface area contributed by atoms with Crippen molar-refractivity contribution in [3.8, 4) is 0 Å². The molecular weight excluding hydrogens is 314 g/mol. The van der Waals surface area contributed by atoms with Crippen LogP contribution < -0.4 is 5.73 Å². The van der Waals surface area contributed by atoms with E-state index < -0.39 is 10.0 Å². The molecule has 1 saturated heterocycles. The van der Waals surface area contributed by atoms with Gasteiger partial charge in [0.1, 0.15) is 0 Å². The SMILES string of the molecule is CCN(CC)S(=O)(=O)c1cccc(C(=O)N2CCC(CN)C2)c1. The van der Waals surface area contributed by atoms with Gasteiger partial charge in [0.25, 0.3) is 5.91 Å². The van der Waals surface area contributed by atoms with Gasteiger partial charge in [0.2, 0.25) is 10.0 Å². The van der Waals surface area contributed by atoms with Crippen LogP contribution in [0.4, 0.5) is 0 Å². The van der Waals surface area contributed by atoms with Crippen LogP contribution in [0.5, 0.6) is 0 Å². The third kappa shape index (κ3) is 3.73. The van der Waals surface area contributed by atoms with Crippen LogP contribution in [0.3, 0.4) is 0 Å². The van der Waals surface area contributed by atoms with Crippen LogP contribution in [0, 0.1) is 5.92 Å². The van der Waals surface area contributed by atoms with Crippen molar-refractivity contribution in [2.45, 2.75) is 25.2 Å². The lowest BCUT2D eigenvalue weighted by Gasteiger charge is -2.20. The van der Waals surface area contributed by atoms with E-state index in [4.69, 9.17) is 5.73 Å². The zero-order valence-corrected chi connectivity index (χ0v) is 14.6. The third-order valence-corrected chi connectivity index (χ3v) is 6.38. The lowest BCUT2D eigenvalue weighted by Crippen LogP contribution is -2.32. The van der Waals surface area contributed by atoms with E-state index in [0.717, 1.165) is 6.42 Å². The van der Waals surface area contributed by atoms with Crippen LogP contribution in [-0.2, 0) is 10.0 Å². The van der Waals surface area contributed by atoms with Gasteiger partial charge < -0.3 is 10.6 Å². The molecule has 1 atom stereocenters. The Morgan fingerprint density at radius 2 is 2.04 bits per heavy atom. The van der Waals surface area contributed by atoms with Crippen LogP contribution in [0.25, 0.3) is 0 Å². The Morgan fingerprint density at radius 3 is 2.61 bits per heavy atom. The van der Waals surface area contributed by atoms with E-state index in [2.05, 4.69) is 0 Å². The summed E-state index contributed by atoms with van der Waals surface area (Å²) in [5.74, 6) is 0.207. The molecule has 1 amide bonds. The van der Waals surface area contributed by atoms with Crippen molar-refractivity contribution in [1.29, 1.82) is 0 Å². The Balaban J connectivity index is 2.25. The number of carbonyl (C=O) groups excluding carboxylic acids is 1. The highest BCUT2D eigenvalue weighted by Gasteiger charge is 2.27. The van der Waals surface area contributed by atoms with Crippen molar-refractivity contribution in [3.63, 3.8) is 0 Å². The number of nitrogens with two attached hydrogens (primary N) is 1. The van der Waals surface area contributed by atoms with Gasteiger partial charge >= 0.3 is 0 Å². The Labute approximate surface area is 138 Å². The number of nitrogens with zero attached hydrogens (tertiary/aromatic N) is 2. The maximum Gasteiger partial charge on any atom is 0.253 e. The zero-order valence-electron chi connectivity index (χ0n) is 13.7. The highest BCUT2D eigenvalue weighted by molar-refractivity contribution is 7.89. The quantitative estimate of drug-likeness (QED) is 0.842. The Bertz CT molecular complexity index is 656. The molecule has 2 N–H and O–H groups in total. The second-order valence-corrected chi connectivity index (χ2v) is 7.70. The van der Waals surface area contributed by atoms with Gasteiger partial charge in [0, 0.05) is 31.7 Å². The van der Waals surface area contributed by atoms with E-state index in [0.29, 0.717) is 44.2 Å². The molecule has 0 spiro atoms. The van der Waals surface area contributed by atoms with Gasteiger partial charge in [0.05, 0.1) is 4.90 Å².